The molecule has 1 aliphatic heterocycles. The summed E-state index contributed by atoms with van der Waals surface area (Å²) in [4.78, 5) is 2.68. The van der Waals surface area contributed by atoms with Crippen LogP contribution in [-0.4, -0.2) is 30.6 Å². The molecule has 2 aliphatic rings. The van der Waals surface area contributed by atoms with E-state index in [1.165, 1.54) is 45.2 Å². The zero-order chi connectivity index (χ0) is 12.5. The highest BCUT2D eigenvalue weighted by molar-refractivity contribution is 4.91. The number of hydrogen-bond acceptors (Lipinski definition) is 2. The van der Waals surface area contributed by atoms with Crippen LogP contribution < -0.4 is 5.73 Å². The van der Waals surface area contributed by atoms with Gasteiger partial charge in [0.15, 0.2) is 0 Å². The lowest BCUT2D eigenvalue weighted by Crippen LogP contribution is -2.46. The summed E-state index contributed by atoms with van der Waals surface area (Å²) >= 11 is 0. The predicted octanol–water partition coefficient (Wildman–Crippen LogP) is 2.87. The van der Waals surface area contributed by atoms with E-state index in [1.807, 2.05) is 0 Å². The summed E-state index contributed by atoms with van der Waals surface area (Å²) in [5.41, 5.74) is 6.57. The SMILES string of the molecule is CC1CCC(C(CN)N2CCC(C)(C)C2)CC1. The smallest absolute Gasteiger partial charge is 0.0246 e. The summed E-state index contributed by atoms with van der Waals surface area (Å²) in [7, 11) is 0. The van der Waals surface area contributed by atoms with Crippen molar-refractivity contribution < 1.29 is 0 Å². The van der Waals surface area contributed by atoms with Crippen LogP contribution in [0.2, 0.25) is 0 Å². The Morgan fingerprint density at radius 3 is 2.35 bits per heavy atom. The highest BCUT2D eigenvalue weighted by atomic mass is 15.2. The molecule has 100 valence electrons. The second-order valence-corrected chi connectivity index (χ2v) is 7.21. The van der Waals surface area contributed by atoms with Crippen molar-refractivity contribution in [3.8, 4) is 0 Å². The normalized spacial score (nSPS) is 36.0. The third-order valence-electron chi connectivity index (χ3n) is 5.02. The van der Waals surface area contributed by atoms with Crippen molar-refractivity contribution in [1.29, 1.82) is 0 Å². The molecule has 1 unspecified atom stereocenters. The van der Waals surface area contributed by atoms with Crippen molar-refractivity contribution in [1.82, 2.24) is 4.90 Å². The first-order valence-corrected chi connectivity index (χ1v) is 7.46. The Hall–Kier alpha value is -0.0800. The topological polar surface area (TPSA) is 29.3 Å². The zero-order valence-corrected chi connectivity index (χ0v) is 11.9. The molecule has 2 N–H and O–H groups in total. The van der Waals surface area contributed by atoms with Crippen LogP contribution >= 0.6 is 0 Å². The summed E-state index contributed by atoms with van der Waals surface area (Å²) < 4.78 is 0. The monoisotopic (exact) mass is 238 g/mol. The average molecular weight is 238 g/mol. The molecule has 0 bridgehead atoms. The fourth-order valence-corrected chi connectivity index (χ4v) is 3.75. The number of nitrogens with zero attached hydrogens (tertiary/aromatic N) is 1. The van der Waals surface area contributed by atoms with E-state index in [2.05, 4.69) is 25.7 Å². The summed E-state index contributed by atoms with van der Waals surface area (Å²) in [6.07, 6.45) is 6.98. The quantitative estimate of drug-likeness (QED) is 0.819. The molecule has 2 heteroatoms. The second kappa shape index (κ2) is 5.27. The lowest BCUT2D eigenvalue weighted by molar-refractivity contribution is 0.124. The van der Waals surface area contributed by atoms with Gasteiger partial charge in [0.1, 0.15) is 0 Å². The van der Waals surface area contributed by atoms with E-state index in [-0.39, 0.29) is 0 Å². The maximum atomic E-state index is 6.06. The van der Waals surface area contributed by atoms with Gasteiger partial charge in [-0.2, -0.15) is 0 Å². The molecule has 2 nitrogen and oxygen atoms in total. The molecular formula is C15H30N2. The van der Waals surface area contributed by atoms with Crippen molar-refractivity contribution in [2.45, 2.75) is 58.9 Å². The van der Waals surface area contributed by atoms with Gasteiger partial charge in [-0.25, -0.2) is 0 Å². The van der Waals surface area contributed by atoms with Gasteiger partial charge in [-0.3, -0.25) is 4.90 Å². The van der Waals surface area contributed by atoms with E-state index < -0.39 is 0 Å². The van der Waals surface area contributed by atoms with Crippen LogP contribution in [0.5, 0.6) is 0 Å². The van der Waals surface area contributed by atoms with Crippen LogP contribution in [0.25, 0.3) is 0 Å². The molecule has 17 heavy (non-hydrogen) atoms. The van der Waals surface area contributed by atoms with Crippen molar-refractivity contribution >= 4 is 0 Å². The molecule has 2 rings (SSSR count). The Labute approximate surface area is 107 Å². The molecular weight excluding hydrogens is 208 g/mol. The standard InChI is InChI=1S/C15H30N2/c1-12-4-6-13(7-5-12)14(10-16)17-9-8-15(2,3)11-17/h12-14H,4-11,16H2,1-3H3. The van der Waals surface area contributed by atoms with Gasteiger partial charge in [-0.15, -0.1) is 0 Å². The minimum absolute atomic E-state index is 0.509. The third kappa shape index (κ3) is 3.23. The second-order valence-electron chi connectivity index (χ2n) is 7.21. The van der Waals surface area contributed by atoms with E-state index in [9.17, 15) is 0 Å². The minimum atomic E-state index is 0.509. The van der Waals surface area contributed by atoms with Crippen molar-refractivity contribution in [2.24, 2.45) is 23.0 Å². The Morgan fingerprint density at radius 1 is 1.24 bits per heavy atom. The van der Waals surface area contributed by atoms with Crippen LogP contribution in [0.4, 0.5) is 0 Å². The van der Waals surface area contributed by atoms with E-state index in [0.29, 0.717) is 11.5 Å². The van der Waals surface area contributed by atoms with Crippen LogP contribution in [0, 0.1) is 17.3 Å². The molecule has 0 amide bonds. The summed E-state index contributed by atoms with van der Waals surface area (Å²) in [6, 6.07) is 0.657. The van der Waals surface area contributed by atoms with Crippen LogP contribution in [0.3, 0.4) is 0 Å². The molecule has 1 saturated heterocycles. The largest absolute Gasteiger partial charge is 0.329 e. The fourth-order valence-electron chi connectivity index (χ4n) is 3.75. The van der Waals surface area contributed by atoms with Gasteiger partial charge >= 0.3 is 0 Å². The van der Waals surface area contributed by atoms with Crippen LogP contribution in [-0.2, 0) is 0 Å². The molecule has 0 spiro atoms. The highest BCUT2D eigenvalue weighted by Crippen LogP contribution is 2.36. The molecule has 0 aromatic rings. The zero-order valence-electron chi connectivity index (χ0n) is 11.9. The number of rotatable bonds is 3. The Kier molecular flexibility index (Phi) is 4.14. The first-order valence-electron chi connectivity index (χ1n) is 7.46. The number of hydrogen-bond donors (Lipinski definition) is 1. The summed E-state index contributed by atoms with van der Waals surface area (Å²) in [6.45, 7) is 10.6. The molecule has 1 aliphatic carbocycles. The minimum Gasteiger partial charge on any atom is -0.329 e. The Balaban J connectivity index is 1.92. The molecule has 1 heterocycles. The average Bonchev–Trinajstić information content (AvgIpc) is 2.63. The first kappa shape index (κ1) is 13.4. The first-order chi connectivity index (χ1) is 8.02. The molecule has 0 aromatic heterocycles. The van der Waals surface area contributed by atoms with Crippen LogP contribution in [0.15, 0.2) is 0 Å². The van der Waals surface area contributed by atoms with Gasteiger partial charge in [-0.05, 0) is 43.1 Å². The molecule has 0 aromatic carbocycles. The van der Waals surface area contributed by atoms with Gasteiger partial charge in [0.2, 0.25) is 0 Å². The van der Waals surface area contributed by atoms with Crippen molar-refractivity contribution in [2.75, 3.05) is 19.6 Å². The Bertz CT molecular complexity index is 241. The third-order valence-corrected chi connectivity index (χ3v) is 5.02. The lowest BCUT2D eigenvalue weighted by Gasteiger charge is -2.38. The molecule has 0 radical (unpaired) electrons. The van der Waals surface area contributed by atoms with Gasteiger partial charge in [0.25, 0.3) is 0 Å². The van der Waals surface area contributed by atoms with Crippen LogP contribution in [0.1, 0.15) is 52.9 Å². The van der Waals surface area contributed by atoms with Gasteiger partial charge < -0.3 is 5.73 Å². The summed E-state index contributed by atoms with van der Waals surface area (Å²) in [5.74, 6) is 1.81. The highest BCUT2D eigenvalue weighted by Gasteiger charge is 2.36. The maximum absolute atomic E-state index is 6.06. The van der Waals surface area contributed by atoms with E-state index >= 15 is 0 Å². The molecule has 1 saturated carbocycles. The van der Waals surface area contributed by atoms with E-state index in [0.717, 1.165) is 18.4 Å². The van der Waals surface area contributed by atoms with Crippen molar-refractivity contribution in [3.05, 3.63) is 0 Å². The molecule has 2 fully saturated rings. The Morgan fingerprint density at radius 2 is 1.88 bits per heavy atom. The van der Waals surface area contributed by atoms with E-state index in [4.69, 9.17) is 5.73 Å². The van der Waals surface area contributed by atoms with Gasteiger partial charge in [-0.1, -0.05) is 33.6 Å². The number of likely N-dealkylation sites (tertiary alicyclic amines) is 1. The summed E-state index contributed by atoms with van der Waals surface area (Å²) in [5, 5.41) is 0. The van der Waals surface area contributed by atoms with Crippen molar-refractivity contribution in [3.63, 3.8) is 0 Å². The van der Waals surface area contributed by atoms with Gasteiger partial charge in [0.05, 0.1) is 0 Å². The lowest BCUT2D eigenvalue weighted by atomic mass is 9.78. The maximum Gasteiger partial charge on any atom is 0.0246 e. The number of nitrogens with two attached hydrogens (primary N) is 1. The molecule has 1 atom stereocenters. The van der Waals surface area contributed by atoms with E-state index in [1.54, 1.807) is 0 Å². The van der Waals surface area contributed by atoms with Gasteiger partial charge in [0, 0.05) is 19.1 Å². The fraction of sp³-hybridized carbons (Fsp3) is 1.00. The predicted molar refractivity (Wildman–Crippen MR) is 73.9 cm³/mol.